The Bertz CT molecular complexity index is 933. The quantitative estimate of drug-likeness (QED) is 0.833. The maximum Gasteiger partial charge on any atom is 0.203 e. The average Bonchev–Trinajstić information content (AvgIpc) is 2.72. The monoisotopic (exact) mass is 369 g/mol. The fraction of sp³-hybridized carbons (Fsp3) is 0.478. The van der Waals surface area contributed by atoms with Crippen molar-refractivity contribution in [3.63, 3.8) is 0 Å². The Kier molecular flexibility index (Phi) is 4.89. The van der Waals surface area contributed by atoms with Crippen LogP contribution in [0.1, 0.15) is 45.2 Å². The number of nitrogens with one attached hydrogen (secondary N) is 1. The molecule has 1 aliphatic heterocycles. The largest absolute Gasteiger partial charge is 0.378 e. The van der Waals surface area contributed by atoms with Crippen molar-refractivity contribution in [3.05, 3.63) is 47.2 Å². The zero-order chi connectivity index (χ0) is 20.5. The predicted octanol–water partition coefficient (Wildman–Crippen LogP) is 4.35. The van der Waals surface area contributed by atoms with Gasteiger partial charge in [0.15, 0.2) is 0 Å². The molecular weight excluding hydrogens is 346 g/mol. The summed E-state index contributed by atoms with van der Waals surface area (Å²) in [7, 11) is 0. The van der Waals surface area contributed by atoms with E-state index in [0.29, 0.717) is 11.5 Å². The number of hydrogen-bond donors (Lipinski definition) is 1. The number of allylic oxidation sites excluding steroid dienone is 2. The second-order valence-electron chi connectivity index (χ2n) is 8.15. The molecule has 3 atom stereocenters. The maximum absolute atomic E-state index is 10.2. The summed E-state index contributed by atoms with van der Waals surface area (Å²) in [5.74, 6) is 0.427. The van der Waals surface area contributed by atoms with E-state index in [9.17, 15) is 21.0 Å². The molecule has 0 saturated heterocycles. The molecule has 2 aliphatic rings. The smallest absolute Gasteiger partial charge is 0.203 e. The molecule has 0 unspecified atom stereocenters. The molecular formula is C23H23N5. The van der Waals surface area contributed by atoms with Crippen LogP contribution in [0.2, 0.25) is 0 Å². The van der Waals surface area contributed by atoms with Crippen LogP contribution in [0.3, 0.4) is 0 Å². The van der Waals surface area contributed by atoms with Crippen LogP contribution in [-0.4, -0.2) is 0 Å². The molecule has 1 N–H and O–H groups in total. The van der Waals surface area contributed by atoms with Crippen LogP contribution in [0, 0.1) is 73.9 Å². The molecule has 1 aliphatic carbocycles. The van der Waals surface area contributed by atoms with Gasteiger partial charge in [-0.25, -0.2) is 0 Å². The molecule has 1 heterocycles. The highest BCUT2D eigenvalue weighted by Gasteiger charge is 2.66. The first-order chi connectivity index (χ1) is 13.4. The van der Waals surface area contributed by atoms with Crippen molar-refractivity contribution in [1.29, 1.82) is 21.0 Å². The summed E-state index contributed by atoms with van der Waals surface area (Å²) in [6.45, 7) is 6.24. The van der Waals surface area contributed by atoms with Gasteiger partial charge in [0.1, 0.15) is 0 Å². The fourth-order valence-electron chi connectivity index (χ4n) is 4.92. The van der Waals surface area contributed by atoms with Crippen LogP contribution >= 0.6 is 0 Å². The predicted molar refractivity (Wildman–Crippen MR) is 103 cm³/mol. The minimum Gasteiger partial charge on any atom is -0.378 e. The summed E-state index contributed by atoms with van der Waals surface area (Å²) in [6.07, 6.45) is 1.78. The normalized spacial score (nSPS) is 27.4. The second-order valence-corrected chi connectivity index (χ2v) is 8.15. The van der Waals surface area contributed by atoms with Crippen molar-refractivity contribution in [2.75, 3.05) is 0 Å². The maximum atomic E-state index is 10.2. The molecule has 1 aromatic rings. The Balaban J connectivity index is 2.41. The van der Waals surface area contributed by atoms with Crippen molar-refractivity contribution in [2.24, 2.45) is 28.6 Å². The lowest BCUT2D eigenvalue weighted by atomic mass is 9.51. The Morgan fingerprint density at radius 2 is 1.57 bits per heavy atom. The molecule has 5 nitrogen and oxygen atoms in total. The molecule has 28 heavy (non-hydrogen) atoms. The van der Waals surface area contributed by atoms with Crippen LogP contribution in [0.4, 0.5) is 0 Å². The van der Waals surface area contributed by atoms with Gasteiger partial charge in [0.25, 0.3) is 0 Å². The van der Waals surface area contributed by atoms with Crippen molar-refractivity contribution >= 4 is 0 Å². The van der Waals surface area contributed by atoms with Crippen LogP contribution in [0.15, 0.2) is 41.6 Å². The number of hydrogen-bond acceptors (Lipinski definition) is 5. The summed E-state index contributed by atoms with van der Waals surface area (Å²) < 4.78 is 0. The minimum absolute atomic E-state index is 0.0467. The third kappa shape index (κ3) is 2.41. The molecule has 0 spiro atoms. The molecule has 140 valence electrons. The Morgan fingerprint density at radius 1 is 0.964 bits per heavy atom. The van der Waals surface area contributed by atoms with E-state index in [1.54, 1.807) is 0 Å². The summed E-state index contributed by atoms with van der Waals surface area (Å²) in [5.41, 5.74) is -1.41. The molecule has 0 radical (unpaired) electrons. The van der Waals surface area contributed by atoms with Gasteiger partial charge in [-0.05, 0) is 35.8 Å². The fourth-order valence-corrected chi connectivity index (χ4v) is 4.92. The second kappa shape index (κ2) is 7.03. The third-order valence-corrected chi connectivity index (χ3v) is 6.42. The first-order valence-corrected chi connectivity index (χ1v) is 9.63. The summed E-state index contributed by atoms with van der Waals surface area (Å²) in [4.78, 5) is 0. The number of rotatable bonds is 2. The Morgan fingerprint density at radius 3 is 2.07 bits per heavy atom. The van der Waals surface area contributed by atoms with Gasteiger partial charge in [0.05, 0.1) is 30.3 Å². The SMILES string of the molecule is CC(C)[C@H]1CC[C@@H](C)C2=C1N[C@H](c1ccccc1)C(C#N)(C#N)C2(C#N)C#N. The van der Waals surface area contributed by atoms with E-state index in [-0.39, 0.29) is 11.8 Å². The first-order valence-electron chi connectivity index (χ1n) is 9.63. The van der Waals surface area contributed by atoms with E-state index < -0.39 is 16.9 Å². The van der Waals surface area contributed by atoms with Crippen LogP contribution in [0.25, 0.3) is 0 Å². The van der Waals surface area contributed by atoms with E-state index in [1.807, 2.05) is 37.3 Å². The lowest BCUT2D eigenvalue weighted by molar-refractivity contribution is 0.175. The first kappa shape index (κ1) is 19.5. The number of nitrogens with zero attached hydrogens (tertiary/aromatic N) is 4. The van der Waals surface area contributed by atoms with Gasteiger partial charge in [-0.2, -0.15) is 21.0 Å². The topological polar surface area (TPSA) is 107 Å². The zero-order valence-electron chi connectivity index (χ0n) is 16.4. The lowest BCUT2D eigenvalue weighted by Gasteiger charge is -2.51. The van der Waals surface area contributed by atoms with Gasteiger partial charge < -0.3 is 5.32 Å². The van der Waals surface area contributed by atoms with Crippen molar-refractivity contribution in [1.82, 2.24) is 5.32 Å². The molecule has 1 aromatic carbocycles. The highest BCUT2D eigenvalue weighted by atomic mass is 15.0. The Hall–Kier alpha value is -3.28. The summed E-state index contributed by atoms with van der Waals surface area (Å²) >= 11 is 0. The molecule has 5 heteroatoms. The van der Waals surface area contributed by atoms with Gasteiger partial charge in [-0.15, -0.1) is 0 Å². The van der Waals surface area contributed by atoms with Gasteiger partial charge in [-0.3, -0.25) is 0 Å². The van der Waals surface area contributed by atoms with Gasteiger partial charge in [-0.1, -0.05) is 51.1 Å². The van der Waals surface area contributed by atoms with Gasteiger partial charge in [0.2, 0.25) is 10.8 Å². The van der Waals surface area contributed by atoms with Crippen molar-refractivity contribution in [3.8, 4) is 24.3 Å². The molecule has 0 bridgehead atoms. The van der Waals surface area contributed by atoms with E-state index in [2.05, 4.69) is 43.4 Å². The highest BCUT2D eigenvalue weighted by molar-refractivity contribution is 5.54. The van der Waals surface area contributed by atoms with E-state index >= 15 is 0 Å². The zero-order valence-corrected chi connectivity index (χ0v) is 16.4. The van der Waals surface area contributed by atoms with Crippen molar-refractivity contribution < 1.29 is 0 Å². The van der Waals surface area contributed by atoms with E-state index in [1.165, 1.54) is 0 Å². The molecule has 0 fully saturated rings. The summed E-state index contributed by atoms with van der Waals surface area (Å²) in [6, 6.07) is 16.9. The van der Waals surface area contributed by atoms with Crippen LogP contribution < -0.4 is 5.32 Å². The highest BCUT2D eigenvalue weighted by Crippen LogP contribution is 2.60. The Labute approximate surface area is 166 Å². The lowest BCUT2D eigenvalue weighted by Crippen LogP contribution is -2.56. The molecule has 0 aromatic heterocycles. The average molecular weight is 369 g/mol. The minimum atomic E-state index is -1.84. The van der Waals surface area contributed by atoms with Crippen LogP contribution in [0.5, 0.6) is 0 Å². The third-order valence-electron chi connectivity index (χ3n) is 6.42. The van der Waals surface area contributed by atoms with Gasteiger partial charge in [0, 0.05) is 11.6 Å². The van der Waals surface area contributed by atoms with E-state index in [0.717, 1.165) is 24.1 Å². The number of benzene rings is 1. The standard InChI is InChI=1S/C23H23N5/c1-15(2)18-10-9-16(3)19-20(18)28-21(17-7-5-4-6-8-17)23(13-26,14-27)22(19,11-24)12-25/h4-8,15-16,18,21,28H,9-10H2,1-3H3/t16-,18-,21-/m1/s1. The van der Waals surface area contributed by atoms with E-state index in [4.69, 9.17) is 0 Å². The molecule has 3 rings (SSSR count). The summed E-state index contributed by atoms with van der Waals surface area (Å²) in [5, 5.41) is 44.4. The molecule has 0 saturated carbocycles. The van der Waals surface area contributed by atoms with Crippen molar-refractivity contribution in [2.45, 2.75) is 39.7 Å². The van der Waals surface area contributed by atoms with Gasteiger partial charge >= 0.3 is 0 Å². The van der Waals surface area contributed by atoms with Crippen LogP contribution in [-0.2, 0) is 0 Å². The number of nitriles is 4. The molecule has 0 amide bonds.